The van der Waals surface area contributed by atoms with Gasteiger partial charge in [0.25, 0.3) is 0 Å². The third kappa shape index (κ3) is 2.96. The van der Waals surface area contributed by atoms with Gasteiger partial charge in [0.1, 0.15) is 0 Å². The van der Waals surface area contributed by atoms with Crippen molar-refractivity contribution in [1.29, 1.82) is 0 Å². The molecule has 0 aromatic carbocycles. The number of nitrogens with zero attached hydrogens (tertiary/aromatic N) is 2. The summed E-state index contributed by atoms with van der Waals surface area (Å²) in [6.07, 6.45) is 4.77. The van der Waals surface area contributed by atoms with Crippen molar-refractivity contribution in [2.75, 3.05) is 19.6 Å². The lowest BCUT2D eigenvalue weighted by atomic mass is 9.81. The van der Waals surface area contributed by atoms with Crippen molar-refractivity contribution in [3.05, 3.63) is 0 Å². The summed E-state index contributed by atoms with van der Waals surface area (Å²) in [4.78, 5) is 40.8. The lowest BCUT2D eigenvalue weighted by Crippen LogP contribution is -2.48. The molecule has 4 aliphatic heterocycles. The standard InChI is InChI=1S/C17H25N3O4.ClH/c18-9-10-3-1-2-7-19(10)13(21)6-8-20-16(22)14-11-4-5-12(24-11)15(14)17(20)23;/h10-12,14-15H,1-9,18H2;1H. The number of imide groups is 1. The van der Waals surface area contributed by atoms with E-state index in [0.29, 0.717) is 6.54 Å². The molecule has 5 unspecified atom stereocenters. The van der Waals surface area contributed by atoms with Gasteiger partial charge in [0.15, 0.2) is 0 Å². The molecule has 140 valence electrons. The monoisotopic (exact) mass is 371 g/mol. The van der Waals surface area contributed by atoms with Crippen molar-refractivity contribution in [2.45, 2.75) is 56.8 Å². The maximum absolute atomic E-state index is 12.6. The number of piperidine rings is 1. The Morgan fingerprint density at radius 2 is 1.72 bits per heavy atom. The van der Waals surface area contributed by atoms with Crippen LogP contribution in [0.3, 0.4) is 0 Å². The highest BCUT2D eigenvalue weighted by Gasteiger charge is 2.62. The number of hydrogen-bond acceptors (Lipinski definition) is 5. The molecule has 7 nitrogen and oxygen atoms in total. The first-order valence-corrected chi connectivity index (χ1v) is 9.12. The van der Waals surface area contributed by atoms with Crippen LogP contribution in [0.25, 0.3) is 0 Å². The number of hydrogen-bond donors (Lipinski definition) is 1. The van der Waals surface area contributed by atoms with Gasteiger partial charge in [-0.2, -0.15) is 0 Å². The number of nitrogens with two attached hydrogens (primary N) is 1. The van der Waals surface area contributed by atoms with Gasteiger partial charge < -0.3 is 15.4 Å². The van der Waals surface area contributed by atoms with Crippen LogP contribution in [0.15, 0.2) is 0 Å². The molecule has 0 radical (unpaired) electrons. The number of ether oxygens (including phenoxy) is 1. The van der Waals surface area contributed by atoms with Gasteiger partial charge in [0.05, 0.1) is 24.0 Å². The molecule has 0 aliphatic carbocycles. The number of halogens is 1. The van der Waals surface area contributed by atoms with Gasteiger partial charge in [0, 0.05) is 32.1 Å². The van der Waals surface area contributed by atoms with Crippen LogP contribution in [0, 0.1) is 11.8 Å². The average Bonchev–Trinajstić information content (AvgIpc) is 3.27. The molecule has 4 heterocycles. The molecule has 4 fully saturated rings. The molecule has 0 aromatic rings. The van der Waals surface area contributed by atoms with Gasteiger partial charge in [-0.1, -0.05) is 0 Å². The summed E-state index contributed by atoms with van der Waals surface area (Å²) in [5.41, 5.74) is 5.77. The maximum Gasteiger partial charge on any atom is 0.235 e. The first-order valence-electron chi connectivity index (χ1n) is 9.12. The molecular weight excluding hydrogens is 346 g/mol. The second kappa shape index (κ2) is 7.21. The number of fused-ring (bicyclic) bond motifs is 5. The van der Waals surface area contributed by atoms with Crippen LogP contribution in [0.4, 0.5) is 0 Å². The molecule has 25 heavy (non-hydrogen) atoms. The van der Waals surface area contributed by atoms with Crippen LogP contribution in [-0.4, -0.2) is 65.4 Å². The zero-order chi connectivity index (χ0) is 16.8. The van der Waals surface area contributed by atoms with Crippen LogP contribution in [0.5, 0.6) is 0 Å². The topological polar surface area (TPSA) is 92.9 Å². The second-order valence-electron chi connectivity index (χ2n) is 7.39. The third-order valence-corrected chi connectivity index (χ3v) is 6.14. The zero-order valence-electron chi connectivity index (χ0n) is 14.3. The molecule has 4 saturated heterocycles. The highest BCUT2D eigenvalue weighted by atomic mass is 35.5. The quantitative estimate of drug-likeness (QED) is 0.717. The predicted octanol–water partition coefficient (Wildman–Crippen LogP) is 0.301. The van der Waals surface area contributed by atoms with Gasteiger partial charge in [-0.05, 0) is 32.1 Å². The van der Waals surface area contributed by atoms with E-state index in [1.54, 1.807) is 0 Å². The van der Waals surface area contributed by atoms with E-state index in [1.165, 1.54) is 4.90 Å². The van der Waals surface area contributed by atoms with Crippen molar-refractivity contribution >= 4 is 30.1 Å². The Balaban J connectivity index is 0.00000182. The predicted molar refractivity (Wildman–Crippen MR) is 91.9 cm³/mol. The number of carbonyl (C=O) groups excluding carboxylic acids is 3. The summed E-state index contributed by atoms with van der Waals surface area (Å²) in [6, 6.07) is 0.0971. The normalized spacial score (nSPS) is 36.6. The Morgan fingerprint density at radius 1 is 1.08 bits per heavy atom. The van der Waals surface area contributed by atoms with E-state index < -0.39 is 0 Å². The SMILES string of the molecule is Cl.NCC1CCCCN1C(=O)CCN1C(=O)C2C3CCC(O3)C2C1=O. The Kier molecular flexibility index (Phi) is 5.37. The molecule has 5 atom stereocenters. The molecule has 2 N–H and O–H groups in total. The fourth-order valence-electron chi connectivity index (χ4n) is 4.92. The number of amides is 3. The lowest BCUT2D eigenvalue weighted by Gasteiger charge is -2.35. The number of likely N-dealkylation sites (tertiary alicyclic amines) is 2. The molecule has 8 heteroatoms. The van der Waals surface area contributed by atoms with Gasteiger partial charge >= 0.3 is 0 Å². The number of rotatable bonds is 4. The molecule has 4 rings (SSSR count). The van der Waals surface area contributed by atoms with E-state index in [2.05, 4.69) is 0 Å². The summed E-state index contributed by atoms with van der Waals surface area (Å²) in [7, 11) is 0. The van der Waals surface area contributed by atoms with Gasteiger partial charge in [-0.25, -0.2) is 0 Å². The molecule has 0 aromatic heterocycles. The highest BCUT2D eigenvalue weighted by Crippen LogP contribution is 2.48. The largest absolute Gasteiger partial charge is 0.373 e. The van der Waals surface area contributed by atoms with Crippen LogP contribution < -0.4 is 5.73 Å². The number of carbonyl (C=O) groups is 3. The molecule has 0 saturated carbocycles. The van der Waals surface area contributed by atoms with E-state index in [9.17, 15) is 14.4 Å². The molecule has 3 amide bonds. The average molecular weight is 372 g/mol. The Hall–Kier alpha value is -1.18. The van der Waals surface area contributed by atoms with Crippen molar-refractivity contribution in [3.63, 3.8) is 0 Å². The minimum atomic E-state index is -0.307. The highest BCUT2D eigenvalue weighted by molar-refractivity contribution is 6.06. The van der Waals surface area contributed by atoms with Gasteiger partial charge in [-0.15, -0.1) is 12.4 Å². The van der Waals surface area contributed by atoms with E-state index in [-0.39, 0.29) is 73.2 Å². The van der Waals surface area contributed by atoms with E-state index in [4.69, 9.17) is 10.5 Å². The van der Waals surface area contributed by atoms with Gasteiger partial charge in [-0.3, -0.25) is 19.3 Å². The molecular formula is C17H26ClN3O4. The third-order valence-electron chi connectivity index (χ3n) is 6.14. The zero-order valence-corrected chi connectivity index (χ0v) is 15.1. The van der Waals surface area contributed by atoms with Crippen LogP contribution in [-0.2, 0) is 19.1 Å². The van der Waals surface area contributed by atoms with Crippen LogP contribution in [0.2, 0.25) is 0 Å². The van der Waals surface area contributed by atoms with Gasteiger partial charge in [0.2, 0.25) is 17.7 Å². The summed E-state index contributed by atoms with van der Waals surface area (Å²) in [6.45, 7) is 1.39. The first-order chi connectivity index (χ1) is 11.6. The van der Waals surface area contributed by atoms with Crippen molar-refractivity contribution in [2.24, 2.45) is 17.6 Å². The molecule has 4 aliphatic rings. The summed E-state index contributed by atoms with van der Waals surface area (Å²) in [5.74, 6) is -0.892. The van der Waals surface area contributed by atoms with E-state index >= 15 is 0 Å². The van der Waals surface area contributed by atoms with E-state index in [0.717, 1.165) is 38.6 Å². The molecule has 2 bridgehead atoms. The summed E-state index contributed by atoms with van der Waals surface area (Å²) < 4.78 is 5.72. The fraction of sp³-hybridized carbons (Fsp3) is 0.824. The smallest absolute Gasteiger partial charge is 0.235 e. The van der Waals surface area contributed by atoms with Crippen molar-refractivity contribution < 1.29 is 19.1 Å². The second-order valence-corrected chi connectivity index (χ2v) is 7.39. The van der Waals surface area contributed by atoms with E-state index in [1.807, 2.05) is 4.90 Å². The van der Waals surface area contributed by atoms with Crippen molar-refractivity contribution in [3.8, 4) is 0 Å². The fourth-order valence-corrected chi connectivity index (χ4v) is 4.92. The Labute approximate surface area is 153 Å². The maximum atomic E-state index is 12.6. The van der Waals surface area contributed by atoms with Crippen LogP contribution >= 0.6 is 12.4 Å². The Morgan fingerprint density at radius 3 is 2.32 bits per heavy atom. The van der Waals surface area contributed by atoms with Crippen LogP contribution in [0.1, 0.15) is 38.5 Å². The molecule has 0 spiro atoms. The minimum Gasteiger partial charge on any atom is -0.373 e. The first kappa shape index (κ1) is 18.6. The summed E-state index contributed by atoms with van der Waals surface area (Å²) in [5, 5.41) is 0. The summed E-state index contributed by atoms with van der Waals surface area (Å²) >= 11 is 0. The minimum absolute atomic E-state index is 0. The lowest BCUT2D eigenvalue weighted by molar-refractivity contribution is -0.143. The Bertz CT molecular complexity index is 544. The van der Waals surface area contributed by atoms with Crippen molar-refractivity contribution in [1.82, 2.24) is 9.80 Å².